The summed E-state index contributed by atoms with van der Waals surface area (Å²) in [4.78, 5) is 29.3. The molecule has 3 rings (SSSR count). The van der Waals surface area contributed by atoms with Gasteiger partial charge < -0.3 is 46.6 Å². The number of phenols is 2. The van der Waals surface area contributed by atoms with Gasteiger partial charge in [0.05, 0.1) is 24.3 Å². The van der Waals surface area contributed by atoms with Crippen molar-refractivity contribution in [2.75, 3.05) is 52.5 Å². The number of aromatic hydroxyl groups is 2. The number of amides is 2. The molecule has 41 heavy (non-hydrogen) atoms. The highest BCUT2D eigenvalue weighted by Crippen LogP contribution is 2.28. The molecule has 0 radical (unpaired) electrons. The van der Waals surface area contributed by atoms with E-state index in [0.717, 1.165) is 11.1 Å². The molecular formula is C28H41N5O8. The van der Waals surface area contributed by atoms with E-state index in [4.69, 9.17) is 10.2 Å². The minimum absolute atomic E-state index is 0.0118. The van der Waals surface area contributed by atoms with Gasteiger partial charge in [0.25, 0.3) is 11.8 Å². The molecule has 0 spiro atoms. The number of aliphatic hydroxyl groups excluding tert-OH is 4. The Bertz CT molecular complexity index is 1120. The van der Waals surface area contributed by atoms with Crippen LogP contribution in [0.1, 0.15) is 43.0 Å². The molecule has 2 unspecified atom stereocenters. The van der Waals surface area contributed by atoms with Crippen LogP contribution in [-0.4, -0.2) is 117 Å². The van der Waals surface area contributed by atoms with Crippen LogP contribution in [-0.2, 0) is 13.1 Å². The highest BCUT2D eigenvalue weighted by Gasteiger charge is 2.22. The smallest absolute Gasteiger partial charge is 0.257 e. The van der Waals surface area contributed by atoms with Crippen LogP contribution in [0.2, 0.25) is 0 Å². The monoisotopic (exact) mass is 575 g/mol. The third-order valence-corrected chi connectivity index (χ3v) is 6.83. The predicted octanol–water partition coefficient (Wildman–Crippen LogP) is -1.30. The van der Waals surface area contributed by atoms with Gasteiger partial charge >= 0.3 is 0 Å². The quantitative estimate of drug-likeness (QED) is 0.153. The Labute approximate surface area is 239 Å². The SMILES string of the molecule is Cc1cc(CN2CCNCCN(Cc3cc(C)cc(C(=O)NC(O)CO)c3O)CC2)c(O)c(C(=O)NC(O)CO)c1. The second-order valence-corrected chi connectivity index (χ2v) is 10.3. The summed E-state index contributed by atoms with van der Waals surface area (Å²) >= 11 is 0. The fourth-order valence-electron chi connectivity index (χ4n) is 4.75. The lowest BCUT2D eigenvalue weighted by molar-refractivity contribution is 0.0540. The van der Waals surface area contributed by atoms with Crippen LogP contribution in [0.25, 0.3) is 0 Å². The van der Waals surface area contributed by atoms with Gasteiger partial charge in [0, 0.05) is 63.5 Å². The number of nitrogens with zero attached hydrogens (tertiary/aromatic N) is 2. The van der Waals surface area contributed by atoms with Crippen molar-refractivity contribution in [1.29, 1.82) is 0 Å². The first kappa shape index (κ1) is 32.2. The van der Waals surface area contributed by atoms with Crippen LogP contribution >= 0.6 is 0 Å². The summed E-state index contributed by atoms with van der Waals surface area (Å²) in [5, 5.41) is 66.8. The summed E-state index contributed by atoms with van der Waals surface area (Å²) in [5.41, 5.74) is 2.64. The number of phenolic OH excluding ortho intramolecular Hbond substituents is 2. The number of carbonyl (C=O) groups is 2. The highest BCUT2D eigenvalue weighted by molar-refractivity contribution is 5.98. The number of hydrogen-bond donors (Lipinski definition) is 9. The minimum Gasteiger partial charge on any atom is -0.507 e. The lowest BCUT2D eigenvalue weighted by atomic mass is 10.0. The van der Waals surface area contributed by atoms with Crippen LogP contribution < -0.4 is 16.0 Å². The molecule has 2 atom stereocenters. The van der Waals surface area contributed by atoms with Crippen LogP contribution in [0.5, 0.6) is 11.5 Å². The number of rotatable bonds is 10. The summed E-state index contributed by atoms with van der Waals surface area (Å²) in [6.45, 7) is 7.01. The van der Waals surface area contributed by atoms with Crippen molar-refractivity contribution >= 4 is 11.8 Å². The fourth-order valence-corrected chi connectivity index (χ4v) is 4.75. The van der Waals surface area contributed by atoms with E-state index in [9.17, 15) is 30.0 Å². The van der Waals surface area contributed by atoms with E-state index in [-0.39, 0.29) is 22.6 Å². The van der Waals surface area contributed by atoms with Gasteiger partial charge in [0.15, 0.2) is 0 Å². The number of nitrogens with one attached hydrogen (secondary N) is 3. The number of carbonyl (C=O) groups excluding carboxylic acids is 2. The molecule has 13 heteroatoms. The van der Waals surface area contributed by atoms with Crippen LogP contribution in [0.4, 0.5) is 0 Å². The number of aliphatic hydroxyl groups is 4. The van der Waals surface area contributed by atoms with Gasteiger partial charge in [-0.25, -0.2) is 0 Å². The zero-order valence-corrected chi connectivity index (χ0v) is 23.4. The maximum Gasteiger partial charge on any atom is 0.257 e. The first-order valence-electron chi connectivity index (χ1n) is 13.5. The average molecular weight is 576 g/mol. The van der Waals surface area contributed by atoms with Crippen LogP contribution in [0.3, 0.4) is 0 Å². The zero-order valence-electron chi connectivity index (χ0n) is 23.4. The zero-order chi connectivity index (χ0) is 30.1. The second-order valence-electron chi connectivity index (χ2n) is 10.3. The van der Waals surface area contributed by atoms with Gasteiger partial charge in [-0.2, -0.15) is 0 Å². The van der Waals surface area contributed by atoms with Gasteiger partial charge in [-0.1, -0.05) is 12.1 Å². The van der Waals surface area contributed by atoms with E-state index >= 15 is 0 Å². The van der Waals surface area contributed by atoms with E-state index in [2.05, 4.69) is 25.8 Å². The fraction of sp³-hybridized carbons (Fsp3) is 0.500. The highest BCUT2D eigenvalue weighted by atomic mass is 16.3. The van der Waals surface area contributed by atoms with E-state index < -0.39 is 37.5 Å². The first-order valence-corrected chi connectivity index (χ1v) is 13.5. The molecule has 0 saturated carbocycles. The average Bonchev–Trinajstić information content (AvgIpc) is 3.04. The Morgan fingerprint density at radius 1 is 0.756 bits per heavy atom. The van der Waals surface area contributed by atoms with E-state index in [0.29, 0.717) is 63.5 Å². The Morgan fingerprint density at radius 3 is 1.51 bits per heavy atom. The van der Waals surface area contributed by atoms with Gasteiger partial charge in [-0.3, -0.25) is 19.4 Å². The molecule has 2 aromatic carbocycles. The molecule has 1 aliphatic rings. The van der Waals surface area contributed by atoms with Crippen molar-refractivity contribution in [3.63, 3.8) is 0 Å². The molecule has 0 aliphatic carbocycles. The molecule has 0 aromatic heterocycles. The maximum atomic E-state index is 12.5. The van der Waals surface area contributed by atoms with Crippen molar-refractivity contribution in [3.8, 4) is 11.5 Å². The van der Waals surface area contributed by atoms with E-state index in [1.165, 1.54) is 12.1 Å². The van der Waals surface area contributed by atoms with Crippen molar-refractivity contribution in [2.24, 2.45) is 0 Å². The van der Waals surface area contributed by atoms with Crippen molar-refractivity contribution in [3.05, 3.63) is 57.6 Å². The predicted molar refractivity (Wildman–Crippen MR) is 150 cm³/mol. The third kappa shape index (κ3) is 9.10. The molecule has 2 aromatic rings. The summed E-state index contributed by atoms with van der Waals surface area (Å²) in [6.07, 6.45) is -2.88. The van der Waals surface area contributed by atoms with Gasteiger partial charge in [-0.05, 0) is 37.1 Å². The molecule has 1 heterocycles. The summed E-state index contributed by atoms with van der Waals surface area (Å²) in [5.74, 6) is -1.76. The molecule has 1 fully saturated rings. The van der Waals surface area contributed by atoms with Crippen LogP contribution in [0, 0.1) is 13.8 Å². The van der Waals surface area contributed by atoms with Gasteiger partial charge in [0.1, 0.15) is 24.0 Å². The number of aryl methyl sites for hydroxylation is 2. The maximum absolute atomic E-state index is 12.5. The van der Waals surface area contributed by atoms with Crippen molar-refractivity contribution < 1.29 is 40.2 Å². The van der Waals surface area contributed by atoms with Crippen LogP contribution in [0.15, 0.2) is 24.3 Å². The Morgan fingerprint density at radius 2 is 1.15 bits per heavy atom. The molecule has 1 saturated heterocycles. The summed E-state index contributed by atoms with van der Waals surface area (Å²) < 4.78 is 0. The lowest BCUT2D eigenvalue weighted by Crippen LogP contribution is -2.37. The first-order chi connectivity index (χ1) is 19.5. The van der Waals surface area contributed by atoms with E-state index in [1.807, 2.05) is 0 Å². The third-order valence-electron chi connectivity index (χ3n) is 6.83. The largest absolute Gasteiger partial charge is 0.507 e. The number of hydrogen-bond acceptors (Lipinski definition) is 11. The molecule has 1 aliphatic heterocycles. The molecular weight excluding hydrogens is 534 g/mol. The Hall–Kier alpha value is -3.30. The van der Waals surface area contributed by atoms with Crippen molar-refractivity contribution in [1.82, 2.24) is 25.8 Å². The van der Waals surface area contributed by atoms with E-state index in [1.54, 1.807) is 26.0 Å². The minimum atomic E-state index is -1.44. The summed E-state index contributed by atoms with van der Waals surface area (Å²) in [7, 11) is 0. The lowest BCUT2D eigenvalue weighted by Gasteiger charge is -2.27. The van der Waals surface area contributed by atoms with Crippen molar-refractivity contribution in [2.45, 2.75) is 39.4 Å². The molecule has 0 bridgehead atoms. The molecule has 2 amide bonds. The summed E-state index contributed by atoms with van der Waals surface area (Å²) in [6, 6.07) is 6.65. The van der Waals surface area contributed by atoms with Gasteiger partial charge in [0.2, 0.25) is 0 Å². The Balaban J connectivity index is 1.75. The normalized spacial score (nSPS) is 16.7. The Kier molecular flexibility index (Phi) is 11.8. The standard InChI is InChI=1S/C28H41N5O8/c1-17-9-19(25(38)21(11-17)27(40)30-23(36)15-34)13-32-5-3-29-4-6-33(8-7-32)14-20-10-18(2)12-22(26(20)39)28(41)31-24(37)16-35/h9-12,23-24,29,34-39H,3-8,13-16H2,1-2H3,(H,30,40)(H,31,41). The molecule has 9 N–H and O–H groups in total. The topological polar surface area (TPSA) is 198 Å². The molecule has 13 nitrogen and oxygen atoms in total. The van der Waals surface area contributed by atoms with Gasteiger partial charge in [-0.15, -0.1) is 0 Å². The molecule has 226 valence electrons. The number of benzene rings is 2. The second kappa shape index (κ2) is 15.1.